The summed E-state index contributed by atoms with van der Waals surface area (Å²) in [5, 5.41) is 12.0. The highest BCUT2D eigenvalue weighted by Crippen LogP contribution is 2.25. The molecule has 116 valence electrons. The number of likely N-dealkylation sites (tertiary alicyclic amines) is 1. The number of nitrogens with one attached hydrogen (secondary N) is 1. The van der Waals surface area contributed by atoms with Gasteiger partial charge in [0.1, 0.15) is 0 Å². The number of rotatable bonds is 6. The molecule has 1 saturated heterocycles. The fourth-order valence-electron chi connectivity index (χ4n) is 2.44. The minimum Gasteiger partial charge on any atom is -0.481 e. The molecule has 0 spiro atoms. The van der Waals surface area contributed by atoms with Crippen LogP contribution in [0.4, 0.5) is 4.79 Å². The highest BCUT2D eigenvalue weighted by atomic mass is 16.5. The van der Waals surface area contributed by atoms with Crippen LogP contribution < -0.4 is 5.32 Å². The Bertz CT molecular complexity index is 357. The summed E-state index contributed by atoms with van der Waals surface area (Å²) in [5.74, 6) is -1.28. The molecule has 1 aliphatic heterocycles. The molecule has 2 amide bonds. The van der Waals surface area contributed by atoms with E-state index in [1.54, 1.807) is 18.9 Å². The first-order chi connectivity index (χ1) is 9.28. The van der Waals surface area contributed by atoms with E-state index in [0.717, 1.165) is 6.42 Å². The topological polar surface area (TPSA) is 78.9 Å². The molecule has 0 aromatic heterocycles. The maximum absolute atomic E-state index is 12.1. The van der Waals surface area contributed by atoms with Gasteiger partial charge in [-0.1, -0.05) is 13.8 Å². The number of ether oxygens (including phenoxy) is 1. The van der Waals surface area contributed by atoms with Gasteiger partial charge in [-0.25, -0.2) is 4.79 Å². The van der Waals surface area contributed by atoms with Crippen molar-refractivity contribution in [3.05, 3.63) is 0 Å². The van der Waals surface area contributed by atoms with Crippen molar-refractivity contribution in [1.82, 2.24) is 10.2 Å². The summed E-state index contributed by atoms with van der Waals surface area (Å²) in [6.07, 6.45) is 1.38. The summed E-state index contributed by atoms with van der Waals surface area (Å²) in [4.78, 5) is 24.8. The Labute approximate surface area is 120 Å². The monoisotopic (exact) mass is 286 g/mol. The molecule has 6 nitrogen and oxygen atoms in total. The average Bonchev–Trinajstić information content (AvgIpc) is 2.76. The summed E-state index contributed by atoms with van der Waals surface area (Å²) < 4.78 is 5.05. The number of carboxylic acid groups (broad SMARTS) is 1. The Morgan fingerprint density at radius 3 is 2.60 bits per heavy atom. The van der Waals surface area contributed by atoms with Crippen molar-refractivity contribution in [1.29, 1.82) is 0 Å². The Hall–Kier alpha value is -1.30. The van der Waals surface area contributed by atoms with E-state index in [0.29, 0.717) is 26.1 Å². The molecule has 0 aromatic rings. The second-order valence-corrected chi connectivity index (χ2v) is 6.23. The van der Waals surface area contributed by atoms with Crippen LogP contribution in [-0.4, -0.2) is 54.9 Å². The molecule has 0 aliphatic carbocycles. The van der Waals surface area contributed by atoms with E-state index in [4.69, 9.17) is 9.84 Å². The number of urea groups is 1. The van der Waals surface area contributed by atoms with Crippen LogP contribution in [0.15, 0.2) is 0 Å². The van der Waals surface area contributed by atoms with Crippen molar-refractivity contribution in [2.24, 2.45) is 11.3 Å². The molecule has 20 heavy (non-hydrogen) atoms. The summed E-state index contributed by atoms with van der Waals surface area (Å²) in [5.41, 5.74) is -0.0408. The second kappa shape index (κ2) is 6.92. The van der Waals surface area contributed by atoms with Crippen LogP contribution in [0.25, 0.3) is 0 Å². The zero-order chi connectivity index (χ0) is 15.3. The largest absolute Gasteiger partial charge is 0.481 e. The van der Waals surface area contributed by atoms with Crippen LogP contribution in [0.2, 0.25) is 0 Å². The maximum Gasteiger partial charge on any atom is 0.317 e. The lowest BCUT2D eigenvalue weighted by molar-refractivity contribution is -0.142. The van der Waals surface area contributed by atoms with Crippen LogP contribution in [0.5, 0.6) is 0 Å². The third-order valence-electron chi connectivity index (χ3n) is 4.03. The van der Waals surface area contributed by atoms with Crippen molar-refractivity contribution in [2.75, 3.05) is 26.8 Å². The summed E-state index contributed by atoms with van der Waals surface area (Å²) in [6.45, 7) is 7.64. The number of carbonyl (C=O) groups excluding carboxylic acids is 1. The Balaban J connectivity index is 2.46. The van der Waals surface area contributed by atoms with E-state index in [1.165, 1.54) is 0 Å². The lowest BCUT2D eigenvalue weighted by Crippen LogP contribution is -2.46. The minimum absolute atomic E-state index is 0.0408. The van der Waals surface area contributed by atoms with Crippen molar-refractivity contribution in [2.45, 2.75) is 39.7 Å². The van der Waals surface area contributed by atoms with Crippen molar-refractivity contribution in [3.8, 4) is 0 Å². The van der Waals surface area contributed by atoms with Gasteiger partial charge in [0.05, 0.1) is 5.92 Å². The van der Waals surface area contributed by atoms with Crippen LogP contribution in [0.3, 0.4) is 0 Å². The molecule has 0 aromatic carbocycles. The summed E-state index contributed by atoms with van der Waals surface area (Å²) in [6, 6.07) is -0.429. The van der Waals surface area contributed by atoms with Crippen molar-refractivity contribution in [3.63, 3.8) is 0 Å². The molecule has 1 fully saturated rings. The van der Waals surface area contributed by atoms with E-state index < -0.39 is 11.9 Å². The minimum atomic E-state index is -0.826. The molecular formula is C14H26N2O4. The van der Waals surface area contributed by atoms with Crippen molar-refractivity contribution >= 4 is 12.0 Å². The van der Waals surface area contributed by atoms with Gasteiger partial charge in [0.25, 0.3) is 0 Å². The number of carbonyl (C=O) groups is 2. The summed E-state index contributed by atoms with van der Waals surface area (Å²) >= 11 is 0. The molecule has 0 radical (unpaired) electrons. The van der Waals surface area contributed by atoms with Crippen LogP contribution >= 0.6 is 0 Å². The van der Waals surface area contributed by atoms with Gasteiger partial charge in [-0.15, -0.1) is 0 Å². The van der Waals surface area contributed by atoms with Gasteiger partial charge in [0, 0.05) is 32.8 Å². The Morgan fingerprint density at radius 2 is 2.10 bits per heavy atom. The van der Waals surface area contributed by atoms with Crippen LogP contribution in [0.1, 0.15) is 33.6 Å². The first-order valence-corrected chi connectivity index (χ1v) is 7.05. The predicted molar refractivity (Wildman–Crippen MR) is 75.6 cm³/mol. The van der Waals surface area contributed by atoms with Gasteiger partial charge in [-0.05, 0) is 25.2 Å². The zero-order valence-electron chi connectivity index (χ0n) is 12.8. The third-order valence-corrected chi connectivity index (χ3v) is 4.03. The lowest BCUT2D eigenvalue weighted by atomic mass is 9.90. The Kier molecular flexibility index (Phi) is 5.80. The molecule has 1 rings (SSSR count). The standard InChI is InChI=1S/C14H26N2O4/c1-10-11(12(17)18)5-7-16(10)13(19)15-9-14(2,3)6-8-20-4/h10-11H,5-9H2,1-4H3,(H,15,19)(H,17,18). The number of carboxylic acids is 1. The van der Waals surface area contributed by atoms with Gasteiger partial charge in [0.2, 0.25) is 0 Å². The number of hydrogen-bond donors (Lipinski definition) is 2. The van der Waals surface area contributed by atoms with Gasteiger partial charge < -0.3 is 20.1 Å². The van der Waals surface area contributed by atoms with Gasteiger partial charge >= 0.3 is 12.0 Å². The summed E-state index contributed by atoms with van der Waals surface area (Å²) in [7, 11) is 1.66. The highest BCUT2D eigenvalue weighted by molar-refractivity contribution is 5.78. The smallest absolute Gasteiger partial charge is 0.317 e. The second-order valence-electron chi connectivity index (χ2n) is 6.23. The molecule has 2 unspecified atom stereocenters. The lowest BCUT2D eigenvalue weighted by Gasteiger charge is -2.28. The average molecular weight is 286 g/mol. The maximum atomic E-state index is 12.1. The molecule has 0 saturated carbocycles. The highest BCUT2D eigenvalue weighted by Gasteiger charge is 2.38. The quantitative estimate of drug-likeness (QED) is 0.776. The van der Waals surface area contributed by atoms with Gasteiger partial charge in [-0.2, -0.15) is 0 Å². The number of methoxy groups -OCH3 is 1. The predicted octanol–water partition coefficient (Wildman–Crippen LogP) is 1.55. The normalized spacial score (nSPS) is 22.9. The van der Waals surface area contributed by atoms with Gasteiger partial charge in [0.15, 0.2) is 0 Å². The number of nitrogens with zero attached hydrogens (tertiary/aromatic N) is 1. The van der Waals surface area contributed by atoms with Crippen molar-refractivity contribution < 1.29 is 19.4 Å². The number of amides is 2. The van der Waals surface area contributed by atoms with Crippen LogP contribution in [-0.2, 0) is 9.53 Å². The van der Waals surface area contributed by atoms with Gasteiger partial charge in [-0.3, -0.25) is 4.79 Å². The van der Waals surface area contributed by atoms with E-state index in [2.05, 4.69) is 19.2 Å². The van der Waals surface area contributed by atoms with E-state index in [9.17, 15) is 9.59 Å². The fraction of sp³-hybridized carbons (Fsp3) is 0.857. The molecule has 6 heteroatoms. The molecule has 2 atom stereocenters. The van der Waals surface area contributed by atoms with Crippen LogP contribution in [0, 0.1) is 11.3 Å². The molecular weight excluding hydrogens is 260 g/mol. The zero-order valence-corrected chi connectivity index (χ0v) is 12.8. The third kappa shape index (κ3) is 4.37. The first-order valence-electron chi connectivity index (χ1n) is 7.05. The number of hydrogen-bond acceptors (Lipinski definition) is 3. The first kappa shape index (κ1) is 16.8. The molecule has 1 aliphatic rings. The molecule has 1 heterocycles. The fourth-order valence-corrected chi connectivity index (χ4v) is 2.44. The van der Waals surface area contributed by atoms with E-state index in [1.807, 2.05) is 0 Å². The molecule has 2 N–H and O–H groups in total. The van der Waals surface area contributed by atoms with E-state index in [-0.39, 0.29) is 17.5 Å². The number of aliphatic carboxylic acids is 1. The Morgan fingerprint density at radius 1 is 1.45 bits per heavy atom. The molecule has 0 bridgehead atoms. The SMILES string of the molecule is COCCC(C)(C)CNC(=O)N1CCC(C(=O)O)C1C. The van der Waals surface area contributed by atoms with E-state index >= 15 is 0 Å².